The number of carbonyl (C=O) groups excluding carboxylic acids is 1. The maximum absolute atomic E-state index is 13.7. The lowest BCUT2D eigenvalue weighted by Gasteiger charge is -2.49. The summed E-state index contributed by atoms with van der Waals surface area (Å²) in [4.78, 5) is 18.2. The SMILES string of the molecule is COC(=O)c1c(C[N+]2(C3CCNCC3)CCCCC2)c(-c2cccc(C(F)(F)F)c2)nc2ccc(OC(F)(F)F)cc12. The third kappa shape index (κ3) is 6.34. The number of pyridine rings is 1. The molecule has 0 amide bonds. The van der Waals surface area contributed by atoms with Gasteiger partial charge in [0.25, 0.3) is 0 Å². The van der Waals surface area contributed by atoms with Gasteiger partial charge in [-0.2, -0.15) is 13.2 Å². The van der Waals surface area contributed by atoms with Crippen molar-refractivity contribution in [3.05, 3.63) is 59.2 Å². The molecule has 5 rings (SSSR count). The van der Waals surface area contributed by atoms with E-state index >= 15 is 0 Å². The summed E-state index contributed by atoms with van der Waals surface area (Å²) in [7, 11) is 1.16. The second kappa shape index (κ2) is 11.7. The lowest BCUT2D eigenvalue weighted by molar-refractivity contribution is -0.968. The molecule has 0 unspecified atom stereocenters. The van der Waals surface area contributed by atoms with Crippen molar-refractivity contribution < 1.29 is 45.1 Å². The summed E-state index contributed by atoms with van der Waals surface area (Å²) in [6, 6.07) is 8.39. The van der Waals surface area contributed by atoms with Crippen LogP contribution >= 0.6 is 0 Å². The van der Waals surface area contributed by atoms with E-state index in [1.54, 1.807) is 0 Å². The minimum absolute atomic E-state index is 0.0143. The van der Waals surface area contributed by atoms with Gasteiger partial charge in [0.15, 0.2) is 0 Å². The number of methoxy groups -OCH3 is 1. The number of quaternary nitrogens is 1. The van der Waals surface area contributed by atoms with Gasteiger partial charge in [0.05, 0.1) is 48.6 Å². The Morgan fingerprint density at radius 2 is 1.71 bits per heavy atom. The van der Waals surface area contributed by atoms with Gasteiger partial charge >= 0.3 is 18.5 Å². The average Bonchev–Trinajstić information content (AvgIpc) is 2.96. The molecule has 0 atom stereocenters. The zero-order valence-electron chi connectivity index (χ0n) is 23.1. The molecule has 1 aromatic heterocycles. The Bertz CT molecular complexity index is 1440. The molecular weight excluding hydrogens is 564 g/mol. The summed E-state index contributed by atoms with van der Waals surface area (Å²) in [5.41, 5.74) is -0.0639. The number of hydrogen-bond donors (Lipinski definition) is 1. The van der Waals surface area contributed by atoms with E-state index in [2.05, 4.69) is 10.1 Å². The summed E-state index contributed by atoms with van der Waals surface area (Å²) in [6.45, 7) is 3.53. The fourth-order valence-electron chi connectivity index (χ4n) is 6.51. The Balaban J connectivity index is 1.78. The fourth-order valence-corrected chi connectivity index (χ4v) is 6.51. The lowest BCUT2D eigenvalue weighted by atomic mass is 9.90. The first-order valence-corrected chi connectivity index (χ1v) is 13.9. The highest BCUT2D eigenvalue weighted by molar-refractivity contribution is 6.07. The Kier molecular flexibility index (Phi) is 8.39. The Morgan fingerprint density at radius 3 is 2.36 bits per heavy atom. The molecule has 0 aliphatic carbocycles. The van der Waals surface area contributed by atoms with Crippen molar-refractivity contribution >= 4 is 16.9 Å². The van der Waals surface area contributed by atoms with Crippen LogP contribution in [0.25, 0.3) is 22.2 Å². The van der Waals surface area contributed by atoms with Crippen LogP contribution in [0.1, 0.15) is 53.6 Å². The van der Waals surface area contributed by atoms with E-state index < -0.39 is 29.8 Å². The molecule has 1 N–H and O–H groups in total. The van der Waals surface area contributed by atoms with Gasteiger partial charge in [-0.25, -0.2) is 9.78 Å². The molecule has 226 valence electrons. The highest BCUT2D eigenvalue weighted by Crippen LogP contribution is 2.40. The van der Waals surface area contributed by atoms with Crippen LogP contribution < -0.4 is 10.1 Å². The molecule has 2 aromatic carbocycles. The van der Waals surface area contributed by atoms with Crippen LogP contribution in [0.4, 0.5) is 26.3 Å². The first-order valence-electron chi connectivity index (χ1n) is 13.9. The second-order valence-electron chi connectivity index (χ2n) is 11.0. The molecule has 42 heavy (non-hydrogen) atoms. The minimum atomic E-state index is -4.97. The van der Waals surface area contributed by atoms with E-state index in [1.807, 2.05) is 0 Å². The topological polar surface area (TPSA) is 60.5 Å². The molecule has 3 heterocycles. The number of benzene rings is 2. The third-order valence-electron chi connectivity index (χ3n) is 8.41. The predicted molar refractivity (Wildman–Crippen MR) is 144 cm³/mol. The molecular formula is C30H32F6N3O3+. The van der Waals surface area contributed by atoms with Crippen LogP contribution in [-0.2, 0) is 17.5 Å². The summed E-state index contributed by atoms with van der Waals surface area (Å²) in [5.74, 6) is -1.35. The Labute approximate surface area is 239 Å². The molecule has 0 bridgehead atoms. The average molecular weight is 597 g/mol. The van der Waals surface area contributed by atoms with Crippen molar-refractivity contribution in [2.45, 2.75) is 57.2 Å². The number of rotatable bonds is 6. The maximum Gasteiger partial charge on any atom is 0.573 e. The number of halogens is 6. The number of alkyl halides is 6. The number of fused-ring (bicyclic) bond motifs is 1. The highest BCUT2D eigenvalue weighted by Gasteiger charge is 2.41. The molecule has 12 heteroatoms. The van der Waals surface area contributed by atoms with Crippen molar-refractivity contribution in [3.8, 4) is 17.0 Å². The predicted octanol–water partition coefficient (Wildman–Crippen LogP) is 6.86. The van der Waals surface area contributed by atoms with E-state index in [0.717, 1.165) is 89.7 Å². The van der Waals surface area contributed by atoms with Crippen LogP contribution in [0.5, 0.6) is 5.75 Å². The molecule has 2 fully saturated rings. The minimum Gasteiger partial charge on any atom is -0.465 e. The monoisotopic (exact) mass is 596 g/mol. The van der Waals surface area contributed by atoms with E-state index in [-0.39, 0.29) is 40.3 Å². The number of likely N-dealkylation sites (tertiary alicyclic amines) is 1. The van der Waals surface area contributed by atoms with Crippen molar-refractivity contribution in [1.29, 1.82) is 0 Å². The number of esters is 1. The molecule has 6 nitrogen and oxygen atoms in total. The van der Waals surface area contributed by atoms with Gasteiger partial charge in [-0.15, -0.1) is 13.2 Å². The molecule has 2 aliphatic rings. The van der Waals surface area contributed by atoms with Crippen LogP contribution in [0.15, 0.2) is 42.5 Å². The highest BCUT2D eigenvalue weighted by atomic mass is 19.4. The van der Waals surface area contributed by atoms with Crippen molar-refractivity contribution in [2.24, 2.45) is 0 Å². The van der Waals surface area contributed by atoms with Crippen molar-refractivity contribution in [2.75, 3.05) is 33.3 Å². The van der Waals surface area contributed by atoms with Gasteiger partial charge in [0.2, 0.25) is 0 Å². The van der Waals surface area contributed by atoms with Gasteiger partial charge in [0, 0.05) is 42.4 Å². The number of piperidine rings is 2. The zero-order valence-corrected chi connectivity index (χ0v) is 23.1. The molecule has 3 aromatic rings. The summed E-state index contributed by atoms with van der Waals surface area (Å²) >= 11 is 0. The van der Waals surface area contributed by atoms with Gasteiger partial charge in [0.1, 0.15) is 12.3 Å². The standard InChI is InChI=1S/C30H32F6N3O3/c1-41-28(40)26-23-17-22(42-30(34,35)36)8-9-25(23)38-27(19-6-5-7-20(16-19)29(31,32)33)24(26)18-39(14-3-2-4-15-39)21-10-12-37-13-11-21/h5-9,16-17,21,37H,2-4,10-15,18H2,1H3/q+1. The number of carbonyl (C=O) groups is 1. The summed E-state index contributed by atoms with van der Waals surface area (Å²) < 4.78 is 90.4. The largest absolute Gasteiger partial charge is 0.573 e. The number of ether oxygens (including phenoxy) is 2. The van der Waals surface area contributed by atoms with E-state index in [1.165, 1.54) is 18.2 Å². The number of nitrogens with zero attached hydrogens (tertiary/aromatic N) is 2. The fraction of sp³-hybridized carbons (Fsp3) is 0.467. The van der Waals surface area contributed by atoms with Crippen LogP contribution in [0, 0.1) is 0 Å². The summed E-state index contributed by atoms with van der Waals surface area (Å²) in [6.07, 6.45) is -4.87. The normalized spacial score (nSPS) is 18.2. The van der Waals surface area contributed by atoms with Crippen LogP contribution in [0.2, 0.25) is 0 Å². The maximum atomic E-state index is 13.7. The third-order valence-corrected chi connectivity index (χ3v) is 8.41. The Hall–Kier alpha value is -3.38. The van der Waals surface area contributed by atoms with Gasteiger partial charge in [-0.05, 0) is 49.6 Å². The molecule has 0 radical (unpaired) electrons. The number of aromatic nitrogens is 1. The Morgan fingerprint density at radius 1 is 1.00 bits per heavy atom. The van der Waals surface area contributed by atoms with Crippen LogP contribution in [0.3, 0.4) is 0 Å². The summed E-state index contributed by atoms with van der Waals surface area (Å²) in [5, 5.41) is 3.45. The van der Waals surface area contributed by atoms with Crippen molar-refractivity contribution in [3.63, 3.8) is 0 Å². The quantitative estimate of drug-likeness (QED) is 0.192. The number of hydrogen-bond acceptors (Lipinski definition) is 5. The zero-order chi connectivity index (χ0) is 30.1. The van der Waals surface area contributed by atoms with Gasteiger partial charge in [-0.3, -0.25) is 0 Å². The first kappa shape index (κ1) is 30.1. The smallest absolute Gasteiger partial charge is 0.465 e. The number of nitrogens with one attached hydrogen (secondary N) is 1. The van der Waals surface area contributed by atoms with E-state index in [0.29, 0.717) is 10.0 Å². The lowest BCUT2D eigenvalue weighted by Crippen LogP contribution is -2.60. The van der Waals surface area contributed by atoms with E-state index in [9.17, 15) is 31.1 Å². The van der Waals surface area contributed by atoms with Gasteiger partial charge < -0.3 is 19.3 Å². The van der Waals surface area contributed by atoms with E-state index in [4.69, 9.17) is 9.72 Å². The molecule has 0 spiro atoms. The van der Waals surface area contributed by atoms with Crippen molar-refractivity contribution in [1.82, 2.24) is 10.3 Å². The van der Waals surface area contributed by atoms with Gasteiger partial charge in [-0.1, -0.05) is 12.1 Å². The molecule has 2 saturated heterocycles. The second-order valence-corrected chi connectivity index (χ2v) is 11.0. The first-order chi connectivity index (χ1) is 19.9. The van der Waals surface area contributed by atoms with Crippen LogP contribution in [-0.4, -0.2) is 61.1 Å². The molecule has 0 saturated carbocycles. The molecule has 2 aliphatic heterocycles.